The van der Waals surface area contributed by atoms with Crippen LogP contribution in [0, 0.1) is 0 Å². The molecule has 0 bridgehead atoms. The molecule has 0 heterocycles. The van der Waals surface area contributed by atoms with E-state index >= 15 is 0 Å². The second kappa shape index (κ2) is 7.19. The average molecular weight is 364 g/mol. The zero-order valence-electron chi connectivity index (χ0n) is 11.0. The van der Waals surface area contributed by atoms with Gasteiger partial charge in [-0.25, -0.2) is 0 Å². The van der Waals surface area contributed by atoms with Crippen LogP contribution in [0.1, 0.15) is 29.6 Å². The Kier molecular flexibility index (Phi) is 5.78. The molecular formula is C15H14Cl4N2. The Hall–Kier alpha value is -0.480. The molecule has 0 aliphatic rings. The van der Waals surface area contributed by atoms with Crippen LogP contribution in [0.2, 0.25) is 20.1 Å². The van der Waals surface area contributed by atoms with Crippen molar-refractivity contribution in [2.45, 2.75) is 18.5 Å². The lowest BCUT2D eigenvalue weighted by atomic mass is 9.96. The standard InChI is InChI=1S/C15H14Cl4N2/c16-8-3-1-4-9(17)14(8)12(20)7-13(21)15-10(18)5-2-6-11(15)19/h1-6,12-13H,7,20-21H2/t12-,13+. The van der Waals surface area contributed by atoms with Crippen LogP contribution in [0.25, 0.3) is 0 Å². The average Bonchev–Trinajstić information content (AvgIpc) is 2.38. The molecule has 4 N–H and O–H groups in total. The molecule has 0 fully saturated rings. The summed E-state index contributed by atoms with van der Waals surface area (Å²) in [5, 5.41) is 2.08. The third kappa shape index (κ3) is 3.84. The Morgan fingerprint density at radius 3 is 1.24 bits per heavy atom. The molecule has 2 aromatic carbocycles. The molecule has 21 heavy (non-hydrogen) atoms. The van der Waals surface area contributed by atoms with Gasteiger partial charge >= 0.3 is 0 Å². The first kappa shape index (κ1) is 16.9. The Labute approximate surface area is 143 Å². The maximum atomic E-state index is 6.20. The highest BCUT2D eigenvalue weighted by Gasteiger charge is 2.21. The third-order valence-corrected chi connectivity index (χ3v) is 4.57. The molecule has 6 heteroatoms. The van der Waals surface area contributed by atoms with E-state index in [-0.39, 0.29) is 0 Å². The fourth-order valence-corrected chi connectivity index (χ4v) is 3.59. The Morgan fingerprint density at radius 1 is 0.667 bits per heavy atom. The van der Waals surface area contributed by atoms with E-state index in [0.717, 1.165) is 0 Å². The van der Waals surface area contributed by atoms with Crippen molar-refractivity contribution < 1.29 is 0 Å². The van der Waals surface area contributed by atoms with E-state index in [1.165, 1.54) is 0 Å². The third-order valence-electron chi connectivity index (χ3n) is 3.25. The van der Waals surface area contributed by atoms with E-state index in [4.69, 9.17) is 57.9 Å². The minimum Gasteiger partial charge on any atom is -0.324 e. The molecule has 0 saturated heterocycles. The van der Waals surface area contributed by atoms with Crippen LogP contribution in [-0.4, -0.2) is 0 Å². The zero-order valence-corrected chi connectivity index (χ0v) is 14.0. The molecule has 0 spiro atoms. The van der Waals surface area contributed by atoms with Gasteiger partial charge in [0.1, 0.15) is 0 Å². The number of halogens is 4. The molecule has 0 unspecified atom stereocenters. The normalized spacial score (nSPS) is 14.0. The maximum Gasteiger partial charge on any atom is 0.0468 e. The highest BCUT2D eigenvalue weighted by molar-refractivity contribution is 6.36. The summed E-state index contributed by atoms with van der Waals surface area (Å²) in [6.45, 7) is 0. The highest BCUT2D eigenvalue weighted by Crippen LogP contribution is 2.36. The predicted molar refractivity (Wildman–Crippen MR) is 91.4 cm³/mol. The predicted octanol–water partition coefficient (Wildman–Crippen LogP) is 5.39. The van der Waals surface area contributed by atoms with Gasteiger partial charge in [0.25, 0.3) is 0 Å². The topological polar surface area (TPSA) is 52.0 Å². The van der Waals surface area contributed by atoms with E-state index < -0.39 is 12.1 Å². The van der Waals surface area contributed by atoms with Gasteiger partial charge in [0, 0.05) is 43.3 Å². The number of hydrogen-bond acceptors (Lipinski definition) is 2. The molecular weight excluding hydrogens is 350 g/mol. The molecule has 112 valence electrons. The van der Waals surface area contributed by atoms with Gasteiger partial charge in [-0.15, -0.1) is 0 Å². The van der Waals surface area contributed by atoms with E-state index in [1.807, 2.05) is 0 Å². The summed E-state index contributed by atoms with van der Waals surface area (Å²) < 4.78 is 0. The van der Waals surface area contributed by atoms with Gasteiger partial charge in [0.2, 0.25) is 0 Å². The Balaban J connectivity index is 2.25. The van der Waals surface area contributed by atoms with Crippen molar-refractivity contribution in [2.24, 2.45) is 11.5 Å². The Morgan fingerprint density at radius 2 is 0.952 bits per heavy atom. The van der Waals surface area contributed by atoms with E-state index in [9.17, 15) is 0 Å². The van der Waals surface area contributed by atoms with Gasteiger partial charge in [0.15, 0.2) is 0 Å². The monoisotopic (exact) mass is 362 g/mol. The van der Waals surface area contributed by atoms with Gasteiger partial charge in [-0.3, -0.25) is 0 Å². The van der Waals surface area contributed by atoms with Crippen LogP contribution >= 0.6 is 46.4 Å². The molecule has 2 rings (SSSR count). The number of rotatable bonds is 4. The highest BCUT2D eigenvalue weighted by atomic mass is 35.5. The minimum absolute atomic E-state index is 0.409. The van der Waals surface area contributed by atoms with Gasteiger partial charge < -0.3 is 11.5 Å². The second-order valence-corrected chi connectivity index (χ2v) is 6.35. The molecule has 0 amide bonds. The molecule has 0 aliphatic carbocycles. The van der Waals surface area contributed by atoms with E-state index in [2.05, 4.69) is 0 Å². The van der Waals surface area contributed by atoms with Gasteiger partial charge in [-0.05, 0) is 30.7 Å². The summed E-state index contributed by atoms with van der Waals surface area (Å²) in [6.07, 6.45) is 0.424. The van der Waals surface area contributed by atoms with Crippen LogP contribution in [0.15, 0.2) is 36.4 Å². The lowest BCUT2D eigenvalue weighted by molar-refractivity contribution is 0.557. The molecule has 2 aromatic rings. The zero-order chi connectivity index (χ0) is 15.6. The molecule has 2 atom stereocenters. The van der Waals surface area contributed by atoms with Crippen molar-refractivity contribution in [3.63, 3.8) is 0 Å². The number of benzene rings is 2. The van der Waals surface area contributed by atoms with Crippen molar-refractivity contribution in [1.29, 1.82) is 0 Å². The quantitative estimate of drug-likeness (QED) is 0.764. The van der Waals surface area contributed by atoms with Crippen LogP contribution in [0.5, 0.6) is 0 Å². The molecule has 0 radical (unpaired) electrons. The maximum absolute atomic E-state index is 6.20. The summed E-state index contributed by atoms with van der Waals surface area (Å²) in [5.41, 5.74) is 13.8. The summed E-state index contributed by atoms with van der Waals surface area (Å²) in [4.78, 5) is 0. The lowest BCUT2D eigenvalue weighted by Gasteiger charge is -2.21. The summed E-state index contributed by atoms with van der Waals surface area (Å²) in [7, 11) is 0. The minimum atomic E-state index is -0.409. The first-order chi connectivity index (χ1) is 9.91. The van der Waals surface area contributed by atoms with Crippen molar-refractivity contribution in [2.75, 3.05) is 0 Å². The van der Waals surface area contributed by atoms with Crippen molar-refractivity contribution in [3.05, 3.63) is 67.6 Å². The molecule has 0 aliphatic heterocycles. The van der Waals surface area contributed by atoms with Crippen LogP contribution in [0.3, 0.4) is 0 Å². The summed E-state index contributed by atoms with van der Waals surface area (Å²) in [6, 6.07) is 9.71. The summed E-state index contributed by atoms with van der Waals surface area (Å²) >= 11 is 24.6. The first-order valence-corrected chi connectivity index (χ1v) is 7.82. The van der Waals surface area contributed by atoms with Gasteiger partial charge in [0.05, 0.1) is 0 Å². The lowest BCUT2D eigenvalue weighted by Crippen LogP contribution is -2.21. The smallest absolute Gasteiger partial charge is 0.0468 e. The van der Waals surface area contributed by atoms with Crippen LogP contribution in [0.4, 0.5) is 0 Å². The molecule has 0 aromatic heterocycles. The second-order valence-electron chi connectivity index (χ2n) is 4.72. The number of hydrogen-bond donors (Lipinski definition) is 2. The molecule has 2 nitrogen and oxygen atoms in total. The van der Waals surface area contributed by atoms with E-state index in [1.54, 1.807) is 36.4 Å². The fourth-order valence-electron chi connectivity index (χ4n) is 2.24. The largest absolute Gasteiger partial charge is 0.324 e. The number of nitrogens with two attached hydrogens (primary N) is 2. The van der Waals surface area contributed by atoms with Gasteiger partial charge in [-0.2, -0.15) is 0 Å². The van der Waals surface area contributed by atoms with Crippen LogP contribution < -0.4 is 11.5 Å². The Bertz CT molecular complexity index is 550. The first-order valence-electron chi connectivity index (χ1n) is 6.30. The SMILES string of the molecule is N[C@H](C[C@H](N)c1c(Cl)cccc1Cl)c1c(Cl)cccc1Cl. The van der Waals surface area contributed by atoms with E-state index in [0.29, 0.717) is 37.6 Å². The van der Waals surface area contributed by atoms with Crippen LogP contribution in [-0.2, 0) is 0 Å². The summed E-state index contributed by atoms with van der Waals surface area (Å²) in [5.74, 6) is 0. The van der Waals surface area contributed by atoms with Crippen molar-refractivity contribution in [3.8, 4) is 0 Å². The fraction of sp³-hybridized carbons (Fsp3) is 0.200. The van der Waals surface area contributed by atoms with Crippen molar-refractivity contribution in [1.82, 2.24) is 0 Å². The molecule has 0 saturated carbocycles. The van der Waals surface area contributed by atoms with Crippen molar-refractivity contribution >= 4 is 46.4 Å². The van der Waals surface area contributed by atoms with Gasteiger partial charge in [-0.1, -0.05) is 58.5 Å².